The molecule has 7 nitrogen and oxygen atoms in total. The molecule has 0 bridgehead atoms. The average molecular weight is 398 g/mol. The lowest BCUT2D eigenvalue weighted by atomic mass is 9.95. The van der Waals surface area contributed by atoms with Crippen LogP contribution >= 0.6 is 0 Å². The first-order valence-electron chi connectivity index (χ1n) is 9.90. The summed E-state index contributed by atoms with van der Waals surface area (Å²) in [4.78, 5) is 41.4. The van der Waals surface area contributed by atoms with Gasteiger partial charge in [0, 0.05) is 30.1 Å². The lowest BCUT2D eigenvalue weighted by molar-refractivity contribution is -0.897. The number of esters is 1. The van der Waals surface area contributed by atoms with Crippen LogP contribution in [-0.4, -0.2) is 49.4 Å². The number of para-hydroxylation sites is 1. The van der Waals surface area contributed by atoms with E-state index in [1.165, 1.54) is 7.11 Å². The van der Waals surface area contributed by atoms with Gasteiger partial charge in [0.15, 0.2) is 0 Å². The zero-order valence-electron chi connectivity index (χ0n) is 17.1. The Morgan fingerprint density at radius 1 is 1.14 bits per heavy atom. The fraction of sp³-hybridized carbons (Fsp3) is 0.409. The molecule has 1 aromatic carbocycles. The highest BCUT2D eigenvalue weighted by Gasteiger charge is 2.30. The molecule has 3 N–H and O–H groups in total. The summed E-state index contributed by atoms with van der Waals surface area (Å²) in [6.07, 6.45) is 1.49. The van der Waals surface area contributed by atoms with Crippen LogP contribution in [0.3, 0.4) is 0 Å². The first-order valence-corrected chi connectivity index (χ1v) is 9.90. The number of aromatic nitrogens is 1. The lowest BCUT2D eigenvalue weighted by Crippen LogP contribution is -3.14. The molecule has 1 amide bonds. The number of ketones is 1. The van der Waals surface area contributed by atoms with Gasteiger partial charge in [-0.2, -0.15) is 0 Å². The number of carbonyl (C=O) groups excluding carboxylic acids is 3. The number of piperidine rings is 1. The van der Waals surface area contributed by atoms with Gasteiger partial charge in [-0.1, -0.05) is 18.2 Å². The molecule has 1 aliphatic heterocycles. The summed E-state index contributed by atoms with van der Waals surface area (Å²) in [5.41, 5.74) is 2.99. The molecule has 2 aromatic rings. The zero-order valence-corrected chi connectivity index (χ0v) is 17.1. The van der Waals surface area contributed by atoms with Gasteiger partial charge in [-0.15, -0.1) is 0 Å². The zero-order chi connectivity index (χ0) is 21.0. The van der Waals surface area contributed by atoms with Crippen LogP contribution in [0.1, 0.15) is 44.9 Å². The summed E-state index contributed by atoms with van der Waals surface area (Å²) in [6, 6.07) is 9.45. The molecule has 0 unspecified atom stereocenters. The highest BCUT2D eigenvalue weighted by Crippen LogP contribution is 2.19. The van der Waals surface area contributed by atoms with Crippen molar-refractivity contribution in [1.82, 2.24) is 4.98 Å². The average Bonchev–Trinajstić information content (AvgIpc) is 3.03. The number of anilines is 1. The smallest absolute Gasteiger partial charge is 0.339 e. The fourth-order valence-corrected chi connectivity index (χ4v) is 3.98. The Morgan fingerprint density at radius 2 is 1.79 bits per heavy atom. The summed E-state index contributed by atoms with van der Waals surface area (Å²) in [6.45, 7) is 5.40. The Morgan fingerprint density at radius 3 is 2.41 bits per heavy atom. The van der Waals surface area contributed by atoms with E-state index in [-0.39, 0.29) is 17.6 Å². The van der Waals surface area contributed by atoms with Crippen molar-refractivity contribution in [2.75, 3.05) is 32.1 Å². The van der Waals surface area contributed by atoms with Crippen LogP contribution in [0, 0.1) is 19.8 Å². The molecular formula is C22H28N3O4+. The summed E-state index contributed by atoms with van der Waals surface area (Å²) in [5, 5.41) is 2.96. The van der Waals surface area contributed by atoms with Crippen LogP contribution in [-0.2, 0) is 9.53 Å². The topological polar surface area (TPSA) is 92.7 Å². The Hall–Kier alpha value is -2.93. The molecule has 0 aliphatic carbocycles. The molecule has 1 aromatic heterocycles. The second-order valence-corrected chi connectivity index (χ2v) is 7.60. The van der Waals surface area contributed by atoms with Crippen LogP contribution in [0.4, 0.5) is 5.69 Å². The van der Waals surface area contributed by atoms with Crippen molar-refractivity contribution in [3.05, 3.63) is 52.8 Å². The first kappa shape index (κ1) is 20.8. The first-order chi connectivity index (χ1) is 13.9. The van der Waals surface area contributed by atoms with Gasteiger partial charge >= 0.3 is 5.97 Å². The second kappa shape index (κ2) is 9.05. The van der Waals surface area contributed by atoms with Crippen molar-refractivity contribution < 1.29 is 24.0 Å². The van der Waals surface area contributed by atoms with E-state index >= 15 is 0 Å². The van der Waals surface area contributed by atoms with E-state index in [0.29, 0.717) is 29.1 Å². The molecule has 0 radical (unpaired) electrons. The molecule has 0 spiro atoms. The molecule has 0 atom stereocenters. The number of ether oxygens (including phenoxy) is 1. The number of carbonyl (C=O) groups is 3. The van der Waals surface area contributed by atoms with Gasteiger partial charge in [0.05, 0.1) is 31.5 Å². The number of Topliss-reactive ketones (excluding diaryl/α,β-unsaturated/α-hetero) is 1. The predicted octanol–water partition coefficient (Wildman–Crippen LogP) is 1.53. The van der Waals surface area contributed by atoms with E-state index in [2.05, 4.69) is 10.3 Å². The van der Waals surface area contributed by atoms with E-state index in [4.69, 9.17) is 4.74 Å². The number of rotatable bonds is 6. The third-order valence-corrected chi connectivity index (χ3v) is 5.62. The van der Waals surface area contributed by atoms with Crippen LogP contribution in [0.15, 0.2) is 30.3 Å². The molecule has 1 fully saturated rings. The molecule has 1 aliphatic rings. The standard InChI is InChI=1S/C22H27N3O4/c1-14-19(22(28)29-3)15(2)23-20(14)18(26)13-25-11-9-16(10-12-25)21(27)24-17-7-5-4-6-8-17/h4-8,16,23H,9-13H2,1-3H3,(H,24,27)/p+1. The quantitative estimate of drug-likeness (QED) is 0.508. The second-order valence-electron chi connectivity index (χ2n) is 7.60. The predicted molar refractivity (Wildman–Crippen MR) is 109 cm³/mol. The van der Waals surface area contributed by atoms with Gasteiger partial charge in [-0.3, -0.25) is 9.59 Å². The van der Waals surface area contributed by atoms with Gasteiger partial charge in [0.25, 0.3) is 0 Å². The van der Waals surface area contributed by atoms with E-state index in [1.54, 1.807) is 13.8 Å². The van der Waals surface area contributed by atoms with Crippen molar-refractivity contribution in [2.45, 2.75) is 26.7 Å². The van der Waals surface area contributed by atoms with Crippen molar-refractivity contribution in [2.24, 2.45) is 5.92 Å². The third-order valence-electron chi connectivity index (χ3n) is 5.62. The van der Waals surface area contributed by atoms with Crippen molar-refractivity contribution in [3.8, 4) is 0 Å². The summed E-state index contributed by atoms with van der Waals surface area (Å²) >= 11 is 0. The monoisotopic (exact) mass is 398 g/mol. The number of likely N-dealkylation sites (tertiary alicyclic amines) is 1. The largest absolute Gasteiger partial charge is 0.465 e. The number of aromatic amines is 1. The Kier molecular flexibility index (Phi) is 6.49. The third kappa shape index (κ3) is 4.74. The fourth-order valence-electron chi connectivity index (χ4n) is 3.98. The van der Waals surface area contributed by atoms with Gasteiger partial charge in [-0.25, -0.2) is 4.79 Å². The van der Waals surface area contributed by atoms with Crippen LogP contribution < -0.4 is 10.2 Å². The van der Waals surface area contributed by atoms with Crippen molar-refractivity contribution in [1.29, 1.82) is 0 Å². The highest BCUT2D eigenvalue weighted by atomic mass is 16.5. The Balaban J connectivity index is 1.55. The minimum absolute atomic E-state index is 0.0251. The van der Waals surface area contributed by atoms with Crippen LogP contribution in [0.25, 0.3) is 0 Å². The van der Waals surface area contributed by atoms with E-state index < -0.39 is 5.97 Å². The van der Waals surface area contributed by atoms with E-state index in [1.807, 2.05) is 30.3 Å². The molecule has 3 rings (SSSR count). The number of amides is 1. The number of aryl methyl sites for hydroxylation is 1. The molecule has 1 saturated heterocycles. The highest BCUT2D eigenvalue weighted by molar-refractivity contribution is 6.02. The minimum atomic E-state index is -0.437. The van der Waals surface area contributed by atoms with Crippen LogP contribution in [0.2, 0.25) is 0 Å². The summed E-state index contributed by atoms with van der Waals surface area (Å²) in [7, 11) is 1.33. The van der Waals surface area contributed by atoms with E-state index in [9.17, 15) is 14.4 Å². The number of hydrogen-bond acceptors (Lipinski definition) is 4. The van der Waals surface area contributed by atoms with Crippen LogP contribution in [0.5, 0.6) is 0 Å². The lowest BCUT2D eigenvalue weighted by Gasteiger charge is -2.28. The number of methoxy groups -OCH3 is 1. The number of quaternary nitrogens is 1. The summed E-state index contributed by atoms with van der Waals surface area (Å²) in [5.74, 6) is -0.453. The van der Waals surface area contributed by atoms with Crippen molar-refractivity contribution >= 4 is 23.3 Å². The number of H-pyrrole nitrogens is 1. The molecule has 29 heavy (non-hydrogen) atoms. The van der Waals surface area contributed by atoms with Gasteiger partial charge < -0.3 is 19.9 Å². The van der Waals surface area contributed by atoms with Gasteiger partial charge in [0.2, 0.25) is 11.7 Å². The van der Waals surface area contributed by atoms with E-state index in [0.717, 1.165) is 36.5 Å². The minimum Gasteiger partial charge on any atom is -0.465 e. The maximum atomic E-state index is 12.8. The molecular weight excluding hydrogens is 370 g/mol. The molecule has 7 heteroatoms. The number of hydrogen-bond donors (Lipinski definition) is 3. The Bertz CT molecular complexity index is 896. The number of nitrogens with one attached hydrogen (secondary N) is 3. The maximum Gasteiger partial charge on any atom is 0.339 e. The van der Waals surface area contributed by atoms with Gasteiger partial charge in [0.1, 0.15) is 6.54 Å². The molecule has 154 valence electrons. The molecule has 0 saturated carbocycles. The Labute approximate surface area is 170 Å². The number of benzene rings is 1. The van der Waals surface area contributed by atoms with Gasteiger partial charge in [-0.05, 0) is 31.5 Å². The normalized spacial score (nSPS) is 18.9. The maximum absolute atomic E-state index is 12.8. The van der Waals surface area contributed by atoms with Crippen molar-refractivity contribution in [3.63, 3.8) is 0 Å². The SMILES string of the molecule is COC(=O)c1c(C)[nH]c(C(=O)C[NH+]2CCC(C(=O)Nc3ccccc3)CC2)c1C. The molecule has 2 heterocycles. The summed E-state index contributed by atoms with van der Waals surface area (Å²) < 4.78 is 4.80.